The third-order valence-electron chi connectivity index (χ3n) is 3.25. The number of benzene rings is 2. The van der Waals surface area contributed by atoms with Crippen molar-refractivity contribution in [2.75, 3.05) is 14.2 Å². The molecule has 0 aliphatic heterocycles. The summed E-state index contributed by atoms with van der Waals surface area (Å²) in [7, 11) is 2.55. The van der Waals surface area contributed by atoms with E-state index < -0.39 is 11.9 Å². The zero-order chi connectivity index (χ0) is 16.8. The van der Waals surface area contributed by atoms with Crippen molar-refractivity contribution >= 4 is 40.1 Å². The molecule has 0 aromatic heterocycles. The van der Waals surface area contributed by atoms with Crippen molar-refractivity contribution in [2.24, 2.45) is 0 Å². The predicted octanol–water partition coefficient (Wildman–Crippen LogP) is 3.85. The Balaban J connectivity index is 2.45. The molecular weight excluding hydrogens is 407 g/mol. The number of esters is 2. The van der Waals surface area contributed by atoms with E-state index >= 15 is 0 Å². The van der Waals surface area contributed by atoms with Crippen LogP contribution in [-0.4, -0.2) is 26.2 Å². The van der Waals surface area contributed by atoms with E-state index in [0.29, 0.717) is 5.56 Å². The maximum Gasteiger partial charge on any atom is 0.344 e. The molecule has 0 saturated carbocycles. The molecular formula is C18H15IO4. The fraction of sp³-hybridized carbons (Fsp3) is 0.111. The maximum absolute atomic E-state index is 12.0. The van der Waals surface area contributed by atoms with Gasteiger partial charge in [-0.15, -0.1) is 0 Å². The van der Waals surface area contributed by atoms with Crippen LogP contribution in [0.1, 0.15) is 5.56 Å². The monoisotopic (exact) mass is 422 g/mol. The van der Waals surface area contributed by atoms with E-state index in [2.05, 4.69) is 0 Å². The number of ether oxygens (including phenoxy) is 2. The normalized spacial score (nSPS) is 11.4. The molecule has 0 saturated heterocycles. The summed E-state index contributed by atoms with van der Waals surface area (Å²) in [5.74, 6) is -1.15. The molecule has 5 heteroatoms. The van der Waals surface area contributed by atoms with Crippen LogP contribution in [0.3, 0.4) is 0 Å². The Hall–Kier alpha value is -2.15. The number of hydrogen-bond donors (Lipinski definition) is 0. The average molecular weight is 422 g/mol. The second kappa shape index (κ2) is 7.92. The van der Waals surface area contributed by atoms with E-state index in [1.165, 1.54) is 14.2 Å². The van der Waals surface area contributed by atoms with Crippen LogP contribution in [0.15, 0.2) is 58.2 Å². The van der Waals surface area contributed by atoms with Gasteiger partial charge < -0.3 is 9.47 Å². The second-order valence-electron chi connectivity index (χ2n) is 4.62. The molecule has 2 aromatic rings. The van der Waals surface area contributed by atoms with Gasteiger partial charge in [-0.05, 0) is 39.3 Å². The maximum atomic E-state index is 12.0. The first-order valence-corrected chi connectivity index (χ1v) is 7.88. The summed E-state index contributed by atoms with van der Waals surface area (Å²) in [6, 6.07) is 17.3. The minimum Gasteiger partial charge on any atom is -0.465 e. The third-order valence-corrected chi connectivity index (χ3v) is 4.23. The van der Waals surface area contributed by atoms with Gasteiger partial charge in [-0.1, -0.05) is 54.6 Å². The third kappa shape index (κ3) is 3.98. The fourth-order valence-corrected chi connectivity index (χ4v) is 2.84. The van der Waals surface area contributed by atoms with Crippen LogP contribution in [0.4, 0.5) is 0 Å². The Labute approximate surface area is 148 Å². The van der Waals surface area contributed by atoms with E-state index in [1.54, 1.807) is 34.7 Å². The van der Waals surface area contributed by atoms with Gasteiger partial charge in [-0.2, -0.15) is 0 Å². The van der Waals surface area contributed by atoms with E-state index in [-0.39, 0.29) is 9.15 Å². The van der Waals surface area contributed by atoms with E-state index in [9.17, 15) is 9.59 Å². The smallest absolute Gasteiger partial charge is 0.344 e. The van der Waals surface area contributed by atoms with Crippen LogP contribution >= 0.6 is 22.6 Å². The molecule has 118 valence electrons. The lowest BCUT2D eigenvalue weighted by atomic mass is 10.00. The van der Waals surface area contributed by atoms with Gasteiger partial charge in [0.2, 0.25) is 0 Å². The fourth-order valence-electron chi connectivity index (χ4n) is 2.09. The molecule has 0 N–H and O–H groups in total. The summed E-state index contributed by atoms with van der Waals surface area (Å²) in [5.41, 5.74) is 2.89. The summed E-state index contributed by atoms with van der Waals surface area (Å²) >= 11 is 1.80. The summed E-state index contributed by atoms with van der Waals surface area (Å²) in [5, 5.41) is 0. The van der Waals surface area contributed by atoms with Crippen molar-refractivity contribution in [3.8, 4) is 11.1 Å². The predicted molar refractivity (Wildman–Crippen MR) is 96.9 cm³/mol. The highest BCUT2D eigenvalue weighted by Gasteiger charge is 2.22. The first-order chi connectivity index (χ1) is 11.1. The number of carbonyl (C=O) groups is 2. The standard InChI is InChI=1S/C18H15IO4/c1-22-17(20)15(16(19)18(21)23-2)14-10-8-13(9-11-14)12-6-4-3-5-7-12/h3-11H,1-2H3/b16-15+. The molecule has 0 bridgehead atoms. The number of halogens is 1. The molecule has 0 unspecified atom stereocenters. The van der Waals surface area contributed by atoms with Crippen LogP contribution in [0, 0.1) is 0 Å². The minimum absolute atomic E-state index is 0.185. The molecule has 0 aliphatic rings. The Bertz CT molecular complexity index is 733. The molecule has 2 rings (SSSR count). The number of carbonyl (C=O) groups excluding carboxylic acids is 2. The summed E-state index contributed by atoms with van der Waals surface area (Å²) in [6.07, 6.45) is 0. The highest BCUT2D eigenvalue weighted by atomic mass is 127. The van der Waals surface area contributed by atoms with Crippen molar-refractivity contribution in [3.05, 3.63) is 63.7 Å². The molecule has 4 nitrogen and oxygen atoms in total. The van der Waals surface area contributed by atoms with E-state index in [1.807, 2.05) is 42.5 Å². The highest BCUT2D eigenvalue weighted by molar-refractivity contribution is 14.1. The number of hydrogen-bond acceptors (Lipinski definition) is 4. The lowest BCUT2D eigenvalue weighted by molar-refractivity contribution is -0.136. The molecule has 2 aromatic carbocycles. The Kier molecular flexibility index (Phi) is 5.92. The van der Waals surface area contributed by atoms with Crippen molar-refractivity contribution in [1.29, 1.82) is 0 Å². The van der Waals surface area contributed by atoms with Gasteiger partial charge in [0.05, 0.1) is 19.8 Å². The molecule has 0 atom stereocenters. The lowest BCUT2D eigenvalue weighted by Crippen LogP contribution is -2.10. The first kappa shape index (κ1) is 17.2. The number of rotatable bonds is 4. The molecule has 0 amide bonds. The highest BCUT2D eigenvalue weighted by Crippen LogP contribution is 2.28. The Morgan fingerprint density at radius 3 is 1.83 bits per heavy atom. The van der Waals surface area contributed by atoms with Crippen LogP contribution < -0.4 is 0 Å². The molecule has 0 fully saturated rings. The largest absolute Gasteiger partial charge is 0.465 e. The summed E-state index contributed by atoms with van der Waals surface area (Å²) in [6.45, 7) is 0. The van der Waals surface area contributed by atoms with Gasteiger partial charge in [0.25, 0.3) is 0 Å². The SMILES string of the molecule is COC(=O)/C(I)=C(\C(=O)OC)c1ccc(-c2ccccc2)cc1. The molecule has 23 heavy (non-hydrogen) atoms. The van der Waals surface area contributed by atoms with Gasteiger partial charge in [0.1, 0.15) is 3.58 Å². The second-order valence-corrected chi connectivity index (χ2v) is 5.69. The summed E-state index contributed by atoms with van der Waals surface area (Å²) < 4.78 is 9.66. The van der Waals surface area contributed by atoms with Crippen LogP contribution in [0.2, 0.25) is 0 Å². The zero-order valence-corrected chi connectivity index (χ0v) is 14.9. The molecule has 0 spiro atoms. The first-order valence-electron chi connectivity index (χ1n) is 6.80. The average Bonchev–Trinajstić information content (AvgIpc) is 2.62. The van der Waals surface area contributed by atoms with Crippen LogP contribution in [0.5, 0.6) is 0 Å². The van der Waals surface area contributed by atoms with Crippen molar-refractivity contribution in [2.45, 2.75) is 0 Å². The van der Waals surface area contributed by atoms with Gasteiger partial charge in [-0.25, -0.2) is 9.59 Å². The van der Waals surface area contributed by atoms with Gasteiger partial charge in [0, 0.05) is 0 Å². The van der Waals surface area contributed by atoms with Gasteiger partial charge in [0.15, 0.2) is 0 Å². The topological polar surface area (TPSA) is 52.6 Å². The molecule has 0 heterocycles. The summed E-state index contributed by atoms with van der Waals surface area (Å²) in [4.78, 5) is 23.8. The quantitative estimate of drug-likeness (QED) is 0.427. The van der Waals surface area contributed by atoms with Crippen LogP contribution in [0.25, 0.3) is 16.7 Å². The van der Waals surface area contributed by atoms with Crippen molar-refractivity contribution in [1.82, 2.24) is 0 Å². The Morgan fingerprint density at radius 1 is 0.783 bits per heavy atom. The van der Waals surface area contributed by atoms with Gasteiger partial charge >= 0.3 is 11.9 Å². The van der Waals surface area contributed by atoms with E-state index in [0.717, 1.165) is 11.1 Å². The van der Waals surface area contributed by atoms with Gasteiger partial charge in [-0.3, -0.25) is 0 Å². The molecule has 0 aliphatic carbocycles. The minimum atomic E-state index is -0.577. The zero-order valence-electron chi connectivity index (χ0n) is 12.7. The number of methoxy groups -OCH3 is 2. The van der Waals surface area contributed by atoms with E-state index in [4.69, 9.17) is 9.47 Å². The Morgan fingerprint density at radius 2 is 1.30 bits per heavy atom. The van der Waals surface area contributed by atoms with Crippen molar-refractivity contribution in [3.63, 3.8) is 0 Å². The van der Waals surface area contributed by atoms with Crippen molar-refractivity contribution < 1.29 is 19.1 Å². The lowest BCUT2D eigenvalue weighted by Gasteiger charge is -2.09. The van der Waals surface area contributed by atoms with Crippen LogP contribution in [-0.2, 0) is 19.1 Å². The molecule has 0 radical (unpaired) electrons.